The lowest BCUT2D eigenvalue weighted by molar-refractivity contribution is -0.384. The molecule has 152 valence electrons. The highest BCUT2D eigenvalue weighted by atomic mass is 16.6. The number of anilines is 1. The SMILES string of the molecule is CC1=C(C(=O)Nc2ccccc2)[C@@H](c2ccc([N+](=O)[O-])cc2)C2=C(CCCC2=O)N1. The molecule has 0 radical (unpaired) electrons. The van der Waals surface area contributed by atoms with Crippen LogP contribution in [0.15, 0.2) is 77.1 Å². The van der Waals surface area contributed by atoms with Crippen LogP contribution in [0.4, 0.5) is 11.4 Å². The molecule has 2 aliphatic rings. The zero-order valence-corrected chi connectivity index (χ0v) is 16.5. The van der Waals surface area contributed by atoms with Crippen molar-refractivity contribution in [1.29, 1.82) is 0 Å². The van der Waals surface area contributed by atoms with Crippen LogP contribution >= 0.6 is 0 Å². The van der Waals surface area contributed by atoms with Crippen molar-refractivity contribution < 1.29 is 14.5 Å². The first-order chi connectivity index (χ1) is 14.5. The van der Waals surface area contributed by atoms with Crippen LogP contribution in [0.5, 0.6) is 0 Å². The fraction of sp³-hybridized carbons (Fsp3) is 0.217. The van der Waals surface area contributed by atoms with Gasteiger partial charge in [-0.15, -0.1) is 0 Å². The molecule has 7 heteroatoms. The Bertz CT molecular complexity index is 1090. The maximum Gasteiger partial charge on any atom is 0.269 e. The van der Waals surface area contributed by atoms with Crippen molar-refractivity contribution in [2.45, 2.75) is 32.1 Å². The van der Waals surface area contributed by atoms with Gasteiger partial charge in [0.15, 0.2) is 5.78 Å². The van der Waals surface area contributed by atoms with E-state index in [2.05, 4.69) is 10.6 Å². The van der Waals surface area contributed by atoms with Crippen molar-refractivity contribution in [1.82, 2.24) is 5.32 Å². The molecule has 0 aromatic heterocycles. The monoisotopic (exact) mass is 403 g/mol. The first-order valence-corrected chi connectivity index (χ1v) is 9.80. The predicted molar refractivity (Wildman–Crippen MR) is 113 cm³/mol. The lowest BCUT2D eigenvalue weighted by atomic mass is 9.75. The van der Waals surface area contributed by atoms with Gasteiger partial charge in [-0.3, -0.25) is 19.7 Å². The Morgan fingerprint density at radius 1 is 1.10 bits per heavy atom. The molecule has 0 fully saturated rings. The number of nitro groups is 1. The van der Waals surface area contributed by atoms with Gasteiger partial charge in [0.25, 0.3) is 11.6 Å². The summed E-state index contributed by atoms with van der Waals surface area (Å²) in [6.45, 7) is 1.82. The minimum atomic E-state index is -0.571. The predicted octanol–water partition coefficient (Wildman–Crippen LogP) is 4.20. The normalized spacial score (nSPS) is 18.6. The van der Waals surface area contributed by atoms with E-state index in [9.17, 15) is 19.7 Å². The number of dihydropyridines is 1. The number of carbonyl (C=O) groups is 2. The minimum absolute atomic E-state index is 0.00427. The molecule has 1 heterocycles. The van der Waals surface area contributed by atoms with Gasteiger partial charge in [-0.2, -0.15) is 0 Å². The fourth-order valence-corrected chi connectivity index (χ4v) is 4.13. The average Bonchev–Trinajstić information content (AvgIpc) is 2.73. The summed E-state index contributed by atoms with van der Waals surface area (Å²) in [6.07, 6.45) is 1.92. The Morgan fingerprint density at radius 3 is 2.47 bits per heavy atom. The van der Waals surface area contributed by atoms with Gasteiger partial charge in [0.2, 0.25) is 0 Å². The van der Waals surface area contributed by atoms with E-state index in [1.165, 1.54) is 12.1 Å². The summed E-state index contributed by atoms with van der Waals surface area (Å²) in [5, 5.41) is 17.2. The van der Waals surface area contributed by atoms with Crippen molar-refractivity contribution in [2.24, 2.45) is 0 Å². The van der Waals surface area contributed by atoms with Crippen LogP contribution in [0, 0.1) is 10.1 Å². The fourth-order valence-electron chi connectivity index (χ4n) is 4.13. The summed E-state index contributed by atoms with van der Waals surface area (Å²) in [4.78, 5) is 36.7. The molecular formula is C23H21N3O4. The second kappa shape index (κ2) is 7.94. The number of hydrogen-bond donors (Lipinski definition) is 2. The van der Waals surface area contributed by atoms with Crippen LogP contribution in [0.2, 0.25) is 0 Å². The van der Waals surface area contributed by atoms with E-state index in [-0.39, 0.29) is 17.4 Å². The Morgan fingerprint density at radius 2 is 1.80 bits per heavy atom. The van der Waals surface area contributed by atoms with E-state index in [1.807, 2.05) is 25.1 Å². The third-order valence-corrected chi connectivity index (χ3v) is 5.49. The molecule has 1 aliphatic heterocycles. The molecule has 1 atom stereocenters. The van der Waals surface area contributed by atoms with Crippen LogP contribution < -0.4 is 10.6 Å². The van der Waals surface area contributed by atoms with Gasteiger partial charge >= 0.3 is 0 Å². The summed E-state index contributed by atoms with van der Waals surface area (Å²) in [6, 6.07) is 15.2. The van der Waals surface area contributed by atoms with Gasteiger partial charge in [0, 0.05) is 52.7 Å². The van der Waals surface area contributed by atoms with E-state index >= 15 is 0 Å². The average molecular weight is 403 g/mol. The van der Waals surface area contributed by atoms with Crippen LogP contribution in [-0.2, 0) is 9.59 Å². The molecular weight excluding hydrogens is 382 g/mol. The van der Waals surface area contributed by atoms with E-state index in [4.69, 9.17) is 0 Å². The lowest BCUT2D eigenvalue weighted by Gasteiger charge is -2.34. The largest absolute Gasteiger partial charge is 0.362 e. The maximum atomic E-state index is 13.3. The molecule has 2 aromatic carbocycles. The number of nitrogens with one attached hydrogen (secondary N) is 2. The Kier molecular flexibility index (Phi) is 5.18. The third kappa shape index (κ3) is 3.61. The van der Waals surface area contributed by atoms with Crippen LogP contribution in [-0.4, -0.2) is 16.6 Å². The molecule has 7 nitrogen and oxygen atoms in total. The number of benzene rings is 2. The zero-order chi connectivity index (χ0) is 21.3. The Balaban J connectivity index is 1.79. The summed E-state index contributed by atoms with van der Waals surface area (Å²) >= 11 is 0. The van der Waals surface area contributed by atoms with E-state index in [0.29, 0.717) is 34.5 Å². The van der Waals surface area contributed by atoms with E-state index in [0.717, 1.165) is 18.5 Å². The van der Waals surface area contributed by atoms with Crippen molar-refractivity contribution in [3.05, 3.63) is 92.8 Å². The summed E-state index contributed by atoms with van der Waals surface area (Å²) in [7, 11) is 0. The van der Waals surface area contributed by atoms with Crippen molar-refractivity contribution in [3.8, 4) is 0 Å². The molecule has 0 saturated heterocycles. The third-order valence-electron chi connectivity index (χ3n) is 5.49. The summed E-state index contributed by atoms with van der Waals surface area (Å²) in [5.74, 6) is -0.873. The molecule has 1 amide bonds. The number of nitro benzene ring substituents is 1. The molecule has 30 heavy (non-hydrogen) atoms. The lowest BCUT2D eigenvalue weighted by Crippen LogP contribution is -2.35. The molecule has 0 spiro atoms. The summed E-state index contributed by atoms with van der Waals surface area (Å²) in [5.41, 5.74) is 3.85. The molecule has 0 bridgehead atoms. The minimum Gasteiger partial charge on any atom is -0.362 e. The van der Waals surface area contributed by atoms with Gasteiger partial charge in [0.1, 0.15) is 0 Å². The number of non-ortho nitro benzene ring substituents is 1. The Hall–Kier alpha value is -3.74. The highest BCUT2D eigenvalue weighted by Crippen LogP contribution is 2.42. The summed E-state index contributed by atoms with van der Waals surface area (Å²) < 4.78 is 0. The van der Waals surface area contributed by atoms with Crippen molar-refractivity contribution in [3.63, 3.8) is 0 Å². The quantitative estimate of drug-likeness (QED) is 0.588. The number of ketones is 1. The highest BCUT2D eigenvalue weighted by molar-refractivity contribution is 6.09. The van der Waals surface area contributed by atoms with Gasteiger partial charge in [-0.05, 0) is 37.5 Å². The molecule has 4 rings (SSSR count). The Labute approximate surface area is 173 Å². The van der Waals surface area contributed by atoms with Crippen LogP contribution in [0.3, 0.4) is 0 Å². The number of Topliss-reactive ketones (excluding diaryl/α,β-unsaturated/α-hetero) is 1. The number of nitrogens with zero attached hydrogens (tertiary/aromatic N) is 1. The first kappa shape index (κ1) is 19.6. The number of para-hydroxylation sites is 1. The number of rotatable bonds is 4. The molecule has 2 N–H and O–H groups in total. The first-order valence-electron chi connectivity index (χ1n) is 9.80. The zero-order valence-electron chi connectivity index (χ0n) is 16.5. The molecule has 2 aromatic rings. The standard InChI is InChI=1S/C23H21N3O4/c1-14-20(23(28)25-16-6-3-2-4-7-16)21(15-10-12-17(13-11-15)26(29)30)22-18(24-14)8-5-9-19(22)27/h2-4,6-7,10-13,21,24H,5,8-9H2,1H3,(H,25,28)/t21-/m1/s1. The maximum absolute atomic E-state index is 13.3. The number of carbonyl (C=O) groups excluding carboxylic acids is 2. The van der Waals surface area contributed by atoms with Gasteiger partial charge in [-0.1, -0.05) is 30.3 Å². The molecule has 0 unspecified atom stereocenters. The van der Waals surface area contributed by atoms with Gasteiger partial charge in [-0.25, -0.2) is 0 Å². The van der Waals surface area contributed by atoms with Crippen LogP contribution in [0.1, 0.15) is 37.7 Å². The van der Waals surface area contributed by atoms with Gasteiger partial charge in [0.05, 0.1) is 4.92 Å². The van der Waals surface area contributed by atoms with E-state index in [1.54, 1.807) is 24.3 Å². The second-order valence-corrected chi connectivity index (χ2v) is 7.43. The second-order valence-electron chi connectivity index (χ2n) is 7.43. The number of hydrogen-bond acceptors (Lipinski definition) is 5. The van der Waals surface area contributed by atoms with Gasteiger partial charge < -0.3 is 10.6 Å². The number of allylic oxidation sites excluding steroid dienone is 3. The number of amides is 1. The van der Waals surface area contributed by atoms with Crippen LogP contribution in [0.25, 0.3) is 0 Å². The molecule has 0 saturated carbocycles. The molecule has 1 aliphatic carbocycles. The topological polar surface area (TPSA) is 101 Å². The highest BCUT2D eigenvalue weighted by Gasteiger charge is 2.38. The van der Waals surface area contributed by atoms with Crippen molar-refractivity contribution >= 4 is 23.1 Å². The van der Waals surface area contributed by atoms with E-state index < -0.39 is 10.8 Å². The van der Waals surface area contributed by atoms with Crippen molar-refractivity contribution in [2.75, 3.05) is 5.32 Å². The smallest absolute Gasteiger partial charge is 0.269 e.